The highest BCUT2D eigenvalue weighted by Gasteiger charge is 2.27. The van der Waals surface area contributed by atoms with E-state index in [0.717, 1.165) is 38.8 Å². The van der Waals surface area contributed by atoms with Crippen LogP contribution in [0.25, 0.3) is 0 Å². The SMILES string of the molecule is C[C@H](CC(=O)N1CCCCCC1)NCC(=O)NCC(F)(F)F. The molecule has 0 aromatic rings. The molecule has 1 saturated heterocycles. The zero-order valence-electron chi connectivity index (χ0n) is 12.8. The van der Waals surface area contributed by atoms with Gasteiger partial charge < -0.3 is 15.5 Å². The van der Waals surface area contributed by atoms with Crippen LogP contribution in [0.4, 0.5) is 13.2 Å². The average molecular weight is 323 g/mol. The standard InChI is InChI=1S/C14H24F3N3O2/c1-11(18-9-12(21)19-10-14(15,16)17)8-13(22)20-6-4-2-3-5-7-20/h11,18H,2-10H2,1H3,(H,19,21)/t11-/m1/s1. The zero-order valence-corrected chi connectivity index (χ0v) is 12.8. The summed E-state index contributed by atoms with van der Waals surface area (Å²) in [5, 5.41) is 4.56. The Morgan fingerprint density at radius 2 is 1.73 bits per heavy atom. The van der Waals surface area contributed by atoms with E-state index < -0.39 is 18.6 Å². The fourth-order valence-electron chi connectivity index (χ4n) is 2.31. The molecule has 1 fully saturated rings. The summed E-state index contributed by atoms with van der Waals surface area (Å²) in [6, 6.07) is -0.257. The minimum Gasteiger partial charge on any atom is -0.346 e. The Hall–Kier alpha value is -1.31. The highest BCUT2D eigenvalue weighted by molar-refractivity contribution is 5.79. The van der Waals surface area contributed by atoms with E-state index in [1.165, 1.54) is 0 Å². The largest absolute Gasteiger partial charge is 0.405 e. The first-order valence-electron chi connectivity index (χ1n) is 7.62. The zero-order chi connectivity index (χ0) is 16.6. The van der Waals surface area contributed by atoms with Gasteiger partial charge in [-0.2, -0.15) is 13.2 Å². The Labute approximate surface area is 128 Å². The Morgan fingerprint density at radius 1 is 1.14 bits per heavy atom. The van der Waals surface area contributed by atoms with Crippen LogP contribution in [0.2, 0.25) is 0 Å². The fourth-order valence-corrected chi connectivity index (χ4v) is 2.31. The van der Waals surface area contributed by atoms with Crippen molar-refractivity contribution in [1.82, 2.24) is 15.5 Å². The summed E-state index contributed by atoms with van der Waals surface area (Å²) in [5.41, 5.74) is 0. The van der Waals surface area contributed by atoms with E-state index in [1.807, 2.05) is 4.90 Å². The van der Waals surface area contributed by atoms with Crippen molar-refractivity contribution in [2.75, 3.05) is 26.2 Å². The van der Waals surface area contributed by atoms with Gasteiger partial charge in [-0.05, 0) is 19.8 Å². The maximum absolute atomic E-state index is 12.1. The molecule has 2 N–H and O–H groups in total. The van der Waals surface area contributed by atoms with Gasteiger partial charge in [0.2, 0.25) is 11.8 Å². The first kappa shape index (κ1) is 18.7. The third kappa shape index (κ3) is 8.21. The lowest BCUT2D eigenvalue weighted by Crippen LogP contribution is -2.43. The highest BCUT2D eigenvalue weighted by Crippen LogP contribution is 2.12. The van der Waals surface area contributed by atoms with E-state index in [4.69, 9.17) is 0 Å². The van der Waals surface area contributed by atoms with Gasteiger partial charge in [-0.1, -0.05) is 12.8 Å². The molecule has 22 heavy (non-hydrogen) atoms. The molecule has 0 aromatic carbocycles. The lowest BCUT2D eigenvalue weighted by molar-refractivity contribution is -0.138. The first-order valence-corrected chi connectivity index (χ1v) is 7.62. The van der Waals surface area contributed by atoms with Gasteiger partial charge in [0, 0.05) is 25.6 Å². The van der Waals surface area contributed by atoms with Gasteiger partial charge in [-0.15, -0.1) is 0 Å². The summed E-state index contributed by atoms with van der Waals surface area (Å²) < 4.78 is 35.8. The second-order valence-corrected chi connectivity index (χ2v) is 5.67. The monoisotopic (exact) mass is 323 g/mol. The molecule has 1 rings (SSSR count). The molecule has 1 heterocycles. The van der Waals surface area contributed by atoms with E-state index in [0.29, 0.717) is 0 Å². The van der Waals surface area contributed by atoms with Crippen molar-refractivity contribution in [2.24, 2.45) is 0 Å². The Balaban J connectivity index is 2.23. The average Bonchev–Trinajstić information content (AvgIpc) is 2.71. The number of carbonyl (C=O) groups is 2. The fraction of sp³-hybridized carbons (Fsp3) is 0.857. The second kappa shape index (κ2) is 8.97. The summed E-state index contributed by atoms with van der Waals surface area (Å²) >= 11 is 0. The maximum atomic E-state index is 12.1. The molecule has 0 spiro atoms. The molecule has 5 nitrogen and oxygen atoms in total. The van der Waals surface area contributed by atoms with Crippen molar-refractivity contribution in [2.45, 2.75) is 51.2 Å². The number of amides is 2. The number of carbonyl (C=O) groups excluding carboxylic acids is 2. The molecule has 8 heteroatoms. The second-order valence-electron chi connectivity index (χ2n) is 5.67. The number of likely N-dealkylation sites (tertiary alicyclic amines) is 1. The Morgan fingerprint density at radius 3 is 2.27 bits per heavy atom. The van der Waals surface area contributed by atoms with E-state index in [9.17, 15) is 22.8 Å². The smallest absolute Gasteiger partial charge is 0.346 e. The lowest BCUT2D eigenvalue weighted by Gasteiger charge is -2.22. The van der Waals surface area contributed by atoms with Crippen molar-refractivity contribution < 1.29 is 22.8 Å². The van der Waals surface area contributed by atoms with Crippen LogP contribution in [0.3, 0.4) is 0 Å². The van der Waals surface area contributed by atoms with Crippen LogP contribution in [0.1, 0.15) is 39.0 Å². The lowest BCUT2D eigenvalue weighted by atomic mass is 10.2. The van der Waals surface area contributed by atoms with Crippen LogP contribution in [0.5, 0.6) is 0 Å². The molecule has 0 aromatic heterocycles. The van der Waals surface area contributed by atoms with E-state index in [2.05, 4.69) is 5.32 Å². The molecule has 1 aliphatic rings. The van der Waals surface area contributed by atoms with Crippen LogP contribution < -0.4 is 10.6 Å². The number of hydrogen-bond donors (Lipinski definition) is 2. The van der Waals surface area contributed by atoms with Crippen molar-refractivity contribution in [3.8, 4) is 0 Å². The Kier molecular flexibility index (Phi) is 7.64. The van der Waals surface area contributed by atoms with Gasteiger partial charge >= 0.3 is 6.18 Å². The predicted molar refractivity (Wildman–Crippen MR) is 76.2 cm³/mol. The van der Waals surface area contributed by atoms with Crippen molar-refractivity contribution in [3.05, 3.63) is 0 Å². The van der Waals surface area contributed by atoms with Gasteiger partial charge in [0.15, 0.2) is 0 Å². The van der Waals surface area contributed by atoms with Crippen molar-refractivity contribution in [1.29, 1.82) is 0 Å². The summed E-state index contributed by atoms with van der Waals surface area (Å²) in [7, 11) is 0. The topological polar surface area (TPSA) is 61.4 Å². The molecule has 0 bridgehead atoms. The first-order chi connectivity index (χ1) is 10.3. The van der Waals surface area contributed by atoms with Gasteiger partial charge in [-0.25, -0.2) is 0 Å². The summed E-state index contributed by atoms with van der Waals surface area (Å²) in [5.74, 6) is -0.705. The van der Waals surface area contributed by atoms with Crippen molar-refractivity contribution >= 4 is 11.8 Å². The molecular weight excluding hydrogens is 299 g/mol. The number of rotatable bonds is 6. The normalized spacial score (nSPS) is 17.7. The summed E-state index contributed by atoms with van der Waals surface area (Å²) in [6.45, 7) is 1.70. The number of halogens is 3. The maximum Gasteiger partial charge on any atom is 0.405 e. The van der Waals surface area contributed by atoms with E-state index >= 15 is 0 Å². The minimum atomic E-state index is -4.41. The van der Waals surface area contributed by atoms with E-state index in [1.54, 1.807) is 12.2 Å². The number of hydrogen-bond acceptors (Lipinski definition) is 3. The van der Waals surface area contributed by atoms with Gasteiger partial charge in [0.25, 0.3) is 0 Å². The van der Waals surface area contributed by atoms with Crippen LogP contribution in [0, 0.1) is 0 Å². The van der Waals surface area contributed by atoms with Gasteiger partial charge in [-0.3, -0.25) is 9.59 Å². The Bertz CT molecular complexity index is 367. The van der Waals surface area contributed by atoms with Crippen LogP contribution >= 0.6 is 0 Å². The molecular formula is C14H24F3N3O2. The van der Waals surface area contributed by atoms with Gasteiger partial charge in [0.1, 0.15) is 6.54 Å². The molecule has 0 unspecified atom stereocenters. The number of nitrogens with one attached hydrogen (secondary N) is 2. The molecule has 2 amide bonds. The third-order valence-electron chi connectivity index (χ3n) is 3.54. The molecule has 128 valence electrons. The highest BCUT2D eigenvalue weighted by atomic mass is 19.4. The molecule has 0 radical (unpaired) electrons. The summed E-state index contributed by atoms with van der Waals surface area (Å²) in [4.78, 5) is 25.2. The molecule has 0 aliphatic carbocycles. The van der Waals surface area contributed by atoms with Gasteiger partial charge in [0.05, 0.1) is 6.54 Å². The van der Waals surface area contributed by atoms with E-state index in [-0.39, 0.29) is 24.9 Å². The number of alkyl halides is 3. The van der Waals surface area contributed by atoms with Crippen LogP contribution in [0.15, 0.2) is 0 Å². The third-order valence-corrected chi connectivity index (χ3v) is 3.54. The molecule has 1 aliphatic heterocycles. The molecule has 0 saturated carbocycles. The molecule has 1 atom stereocenters. The van der Waals surface area contributed by atoms with Crippen LogP contribution in [-0.4, -0.2) is 55.1 Å². The van der Waals surface area contributed by atoms with Crippen LogP contribution in [-0.2, 0) is 9.59 Å². The number of nitrogens with zero attached hydrogens (tertiary/aromatic N) is 1. The minimum absolute atomic E-state index is 0.0256. The van der Waals surface area contributed by atoms with Crippen molar-refractivity contribution in [3.63, 3.8) is 0 Å². The summed E-state index contributed by atoms with van der Waals surface area (Å²) in [6.07, 6.45) is 0.116. The quantitative estimate of drug-likeness (QED) is 0.777. The predicted octanol–water partition coefficient (Wildman–Crippen LogP) is 1.44.